The van der Waals surface area contributed by atoms with Crippen LogP contribution in [0.25, 0.3) is 45.0 Å². The summed E-state index contributed by atoms with van der Waals surface area (Å²) in [5.74, 6) is 2.82. The number of ether oxygens (including phenoxy) is 1. The fourth-order valence-electron chi connectivity index (χ4n) is 9.27. The minimum Gasteiger partial charge on any atom is -0.457 e. The Morgan fingerprint density at radius 2 is 0.893 bits per heavy atom. The third kappa shape index (κ3) is 5.05. The van der Waals surface area contributed by atoms with Crippen LogP contribution in [0.3, 0.4) is 0 Å². The molecule has 1 aromatic heterocycles. The number of aromatic nitrogens is 2. The van der Waals surface area contributed by atoms with Crippen molar-refractivity contribution in [2.24, 2.45) is 0 Å². The van der Waals surface area contributed by atoms with E-state index in [1.54, 1.807) is 0 Å². The maximum atomic E-state index is 6.86. The second-order valence-electron chi connectivity index (χ2n) is 14.8. The van der Waals surface area contributed by atoms with Crippen LogP contribution in [0.15, 0.2) is 206 Å². The van der Waals surface area contributed by atoms with Crippen molar-refractivity contribution >= 4 is 0 Å². The Kier molecular flexibility index (Phi) is 7.53. The zero-order valence-electron chi connectivity index (χ0n) is 30.6. The molecular weight excluding hydrogens is 681 g/mol. The minimum absolute atomic E-state index is 0.129. The summed E-state index contributed by atoms with van der Waals surface area (Å²) < 4.78 is 6.86. The van der Waals surface area contributed by atoms with Crippen LogP contribution in [0, 0.1) is 0 Å². The normalized spacial score (nSPS) is 16.7. The molecule has 3 nitrogen and oxygen atoms in total. The zero-order valence-corrected chi connectivity index (χ0v) is 30.6. The van der Waals surface area contributed by atoms with E-state index >= 15 is 0 Å². The van der Waals surface area contributed by atoms with Gasteiger partial charge in [-0.2, -0.15) is 0 Å². The van der Waals surface area contributed by atoms with Gasteiger partial charge in [-0.25, -0.2) is 9.97 Å². The number of hydrogen-bond donors (Lipinski definition) is 0. The Hall–Kier alpha value is -7.10. The maximum Gasteiger partial charge on any atom is 0.160 e. The predicted octanol–water partition coefficient (Wildman–Crippen LogP) is 12.9. The van der Waals surface area contributed by atoms with Crippen molar-refractivity contribution < 1.29 is 4.74 Å². The summed E-state index contributed by atoms with van der Waals surface area (Å²) in [7, 11) is 0. The fraction of sp³-hybridized carbons (Fsp3) is 0.0566. The molecule has 0 saturated heterocycles. The van der Waals surface area contributed by atoms with E-state index in [9.17, 15) is 0 Å². The Morgan fingerprint density at radius 3 is 1.55 bits per heavy atom. The van der Waals surface area contributed by atoms with Crippen molar-refractivity contribution in [1.29, 1.82) is 0 Å². The summed E-state index contributed by atoms with van der Waals surface area (Å²) in [6.45, 7) is 0. The van der Waals surface area contributed by atoms with Gasteiger partial charge in [0.2, 0.25) is 0 Å². The van der Waals surface area contributed by atoms with Gasteiger partial charge in [0.1, 0.15) is 11.5 Å². The van der Waals surface area contributed by atoms with Gasteiger partial charge in [0.25, 0.3) is 0 Å². The number of nitrogens with zero attached hydrogens (tertiary/aromatic N) is 2. The topological polar surface area (TPSA) is 35.0 Å². The molecule has 0 bridgehead atoms. The van der Waals surface area contributed by atoms with Gasteiger partial charge >= 0.3 is 0 Å². The number of hydrogen-bond acceptors (Lipinski definition) is 3. The lowest BCUT2D eigenvalue weighted by molar-refractivity contribution is 0.435. The van der Waals surface area contributed by atoms with Crippen LogP contribution in [0.5, 0.6) is 11.5 Å². The highest BCUT2D eigenvalue weighted by atomic mass is 16.5. The van der Waals surface area contributed by atoms with E-state index in [4.69, 9.17) is 14.7 Å². The summed E-state index contributed by atoms with van der Waals surface area (Å²) in [6.07, 6.45) is 9.00. The lowest BCUT2D eigenvalue weighted by Gasteiger charge is -2.40. The first-order valence-corrected chi connectivity index (χ1v) is 19.3. The van der Waals surface area contributed by atoms with E-state index in [0.29, 0.717) is 0 Å². The number of allylic oxidation sites excluding steroid dienone is 4. The third-order valence-corrected chi connectivity index (χ3v) is 11.8. The minimum atomic E-state index is -0.463. The SMILES string of the molecule is C1=CC(c2ccc(-c3cc(-c4ccccc4)nc(-c4ccccc4)n3)cc2)C(c2ccc3c(c2)Oc2ccccc2C32c3ccccc3-c3ccccc32)C=C1. The number of para-hydroxylation sites is 1. The van der Waals surface area contributed by atoms with Crippen molar-refractivity contribution in [3.05, 3.63) is 240 Å². The van der Waals surface area contributed by atoms with Crippen LogP contribution < -0.4 is 4.74 Å². The van der Waals surface area contributed by atoms with E-state index < -0.39 is 5.41 Å². The number of benzene rings is 7. The van der Waals surface area contributed by atoms with Crippen LogP contribution in [0.4, 0.5) is 0 Å². The highest BCUT2D eigenvalue weighted by molar-refractivity contribution is 5.88. The average molecular weight is 717 g/mol. The monoisotopic (exact) mass is 716 g/mol. The standard InChI is InChI=1S/C53H36N2O/c1-3-15-36(16-4-1)48-34-49(55-52(54-48)38-17-5-2-6-18-38)37-29-27-35(28-30-37)40-19-7-8-20-41(40)39-31-32-47-51(33-39)56-50-26-14-13-25-46(50)53(47)44-23-11-9-21-42(44)43-22-10-12-24-45(43)53/h1-34,40-41H. The fourth-order valence-corrected chi connectivity index (χ4v) is 9.27. The smallest absolute Gasteiger partial charge is 0.160 e. The van der Waals surface area contributed by atoms with Gasteiger partial charge in [-0.1, -0.05) is 188 Å². The van der Waals surface area contributed by atoms with E-state index in [-0.39, 0.29) is 11.8 Å². The van der Waals surface area contributed by atoms with Gasteiger partial charge in [0.15, 0.2) is 5.82 Å². The molecular formula is C53H36N2O. The molecule has 8 aromatic rings. The molecule has 3 heteroatoms. The van der Waals surface area contributed by atoms with Gasteiger partial charge in [0, 0.05) is 39.7 Å². The largest absolute Gasteiger partial charge is 0.457 e. The quantitative estimate of drug-likeness (QED) is 0.178. The first-order chi connectivity index (χ1) is 27.8. The van der Waals surface area contributed by atoms with Crippen LogP contribution in [-0.2, 0) is 5.41 Å². The Labute approximate surface area is 327 Å². The molecule has 2 atom stereocenters. The zero-order chi connectivity index (χ0) is 37.1. The summed E-state index contributed by atoms with van der Waals surface area (Å²) >= 11 is 0. The molecule has 2 unspecified atom stereocenters. The molecule has 0 N–H and O–H groups in total. The molecule has 0 saturated carbocycles. The van der Waals surface area contributed by atoms with E-state index in [0.717, 1.165) is 45.4 Å². The Balaban J connectivity index is 0.975. The average Bonchev–Trinajstić information content (AvgIpc) is 3.57. The van der Waals surface area contributed by atoms with E-state index in [2.05, 4.69) is 182 Å². The second-order valence-corrected chi connectivity index (χ2v) is 14.8. The van der Waals surface area contributed by atoms with Crippen LogP contribution >= 0.6 is 0 Å². The number of fused-ring (bicyclic) bond motifs is 9. The van der Waals surface area contributed by atoms with Crippen molar-refractivity contribution in [2.75, 3.05) is 0 Å². The third-order valence-electron chi connectivity index (χ3n) is 11.8. The highest BCUT2D eigenvalue weighted by Gasteiger charge is 2.51. The Morgan fingerprint density at radius 1 is 0.393 bits per heavy atom. The molecule has 0 radical (unpaired) electrons. The van der Waals surface area contributed by atoms with Gasteiger partial charge in [-0.3, -0.25) is 0 Å². The molecule has 0 fully saturated rings. The molecule has 3 aliphatic rings. The molecule has 264 valence electrons. The lowest BCUT2D eigenvalue weighted by Crippen LogP contribution is -2.32. The summed E-state index contributed by atoms with van der Waals surface area (Å²) in [4.78, 5) is 10.1. The van der Waals surface area contributed by atoms with Crippen LogP contribution in [0.2, 0.25) is 0 Å². The molecule has 2 heterocycles. The molecule has 7 aromatic carbocycles. The van der Waals surface area contributed by atoms with E-state index in [1.807, 2.05) is 24.3 Å². The Bertz CT molecular complexity index is 2730. The summed E-state index contributed by atoms with van der Waals surface area (Å²) in [5, 5.41) is 0. The van der Waals surface area contributed by atoms with Crippen LogP contribution in [0.1, 0.15) is 45.2 Å². The first kappa shape index (κ1) is 32.3. The highest BCUT2D eigenvalue weighted by Crippen LogP contribution is 2.62. The molecule has 0 amide bonds. The molecule has 1 spiro atoms. The van der Waals surface area contributed by atoms with Crippen molar-refractivity contribution in [3.8, 4) is 56.5 Å². The lowest BCUT2D eigenvalue weighted by atomic mass is 9.65. The van der Waals surface area contributed by atoms with Crippen molar-refractivity contribution in [3.63, 3.8) is 0 Å². The van der Waals surface area contributed by atoms with Gasteiger partial charge in [0.05, 0.1) is 16.8 Å². The van der Waals surface area contributed by atoms with E-state index in [1.165, 1.54) is 44.5 Å². The summed E-state index contributed by atoms with van der Waals surface area (Å²) in [5.41, 5.74) is 14.5. The predicted molar refractivity (Wildman–Crippen MR) is 226 cm³/mol. The molecule has 2 aliphatic carbocycles. The molecule has 11 rings (SSSR count). The molecule has 56 heavy (non-hydrogen) atoms. The second kappa shape index (κ2) is 13.0. The van der Waals surface area contributed by atoms with Crippen molar-refractivity contribution in [2.45, 2.75) is 17.3 Å². The first-order valence-electron chi connectivity index (χ1n) is 19.3. The number of rotatable bonds is 5. The van der Waals surface area contributed by atoms with Gasteiger partial charge < -0.3 is 4.74 Å². The van der Waals surface area contributed by atoms with Crippen LogP contribution in [-0.4, -0.2) is 9.97 Å². The summed E-state index contributed by atoms with van der Waals surface area (Å²) in [6, 6.07) is 64.9. The molecule has 1 aliphatic heterocycles. The van der Waals surface area contributed by atoms with Gasteiger partial charge in [-0.15, -0.1) is 0 Å². The van der Waals surface area contributed by atoms with Crippen molar-refractivity contribution in [1.82, 2.24) is 9.97 Å². The maximum absolute atomic E-state index is 6.86. The van der Waals surface area contributed by atoms with Gasteiger partial charge in [-0.05, 0) is 51.6 Å².